The lowest BCUT2D eigenvalue weighted by Crippen LogP contribution is -2.15. The minimum absolute atomic E-state index is 0.123. The predicted molar refractivity (Wildman–Crippen MR) is 47.0 cm³/mol. The van der Waals surface area contributed by atoms with Gasteiger partial charge in [0.05, 0.1) is 0 Å². The number of carbonyl (C=O) groups is 1. The molecule has 2 rings (SSSR count). The lowest BCUT2D eigenvalue weighted by molar-refractivity contribution is -0.236. The van der Waals surface area contributed by atoms with Crippen molar-refractivity contribution in [2.24, 2.45) is 0 Å². The smallest absolute Gasteiger partial charge is 0.383 e. The van der Waals surface area contributed by atoms with E-state index in [0.29, 0.717) is 0 Å². The second-order valence-electron chi connectivity index (χ2n) is 3.22. The van der Waals surface area contributed by atoms with Crippen LogP contribution in [0.4, 0.5) is 22.0 Å². The van der Waals surface area contributed by atoms with E-state index >= 15 is 0 Å². The molecule has 0 spiro atoms. The van der Waals surface area contributed by atoms with Crippen molar-refractivity contribution < 1.29 is 41.3 Å². The molecule has 1 aliphatic heterocycles. The molecule has 0 aliphatic carbocycles. The van der Waals surface area contributed by atoms with Crippen molar-refractivity contribution in [1.29, 1.82) is 0 Å². The van der Waals surface area contributed by atoms with Crippen molar-refractivity contribution in [3.05, 3.63) is 40.9 Å². The molecule has 1 aliphatic rings. The van der Waals surface area contributed by atoms with Gasteiger partial charge in [-0.05, 0) is 6.08 Å². The molecule has 0 unspecified atom stereocenters. The van der Waals surface area contributed by atoms with E-state index in [4.69, 9.17) is 0 Å². The van der Waals surface area contributed by atoms with E-state index in [1.165, 1.54) is 0 Å². The van der Waals surface area contributed by atoms with Crippen molar-refractivity contribution in [3.8, 4) is 5.75 Å². The highest BCUT2D eigenvalue weighted by atomic mass is 19.2. The van der Waals surface area contributed by atoms with E-state index in [-0.39, 0.29) is 6.61 Å². The highest BCUT2D eigenvalue weighted by molar-refractivity contribution is 5.88. The fourth-order valence-corrected chi connectivity index (χ4v) is 1.18. The molecule has 0 amide bonds. The molecule has 102 valence electrons. The predicted octanol–water partition coefficient (Wildman–Crippen LogP) is 2.13. The highest BCUT2D eigenvalue weighted by Crippen LogP contribution is 2.29. The zero-order valence-corrected chi connectivity index (χ0v) is 8.81. The Labute approximate surface area is 101 Å². The normalized spacial score (nSPS) is 14.1. The van der Waals surface area contributed by atoms with Gasteiger partial charge in [0.25, 0.3) is 0 Å². The summed E-state index contributed by atoms with van der Waals surface area (Å²) in [6, 6.07) is 0. The van der Waals surface area contributed by atoms with Crippen LogP contribution < -0.4 is 4.74 Å². The molecule has 4 nitrogen and oxygen atoms in total. The highest BCUT2D eigenvalue weighted by Gasteiger charge is 2.30. The number of hydrogen-bond acceptors (Lipinski definition) is 4. The Morgan fingerprint density at radius 3 is 2.00 bits per heavy atom. The summed E-state index contributed by atoms with van der Waals surface area (Å²) in [6.07, 6.45) is 1.05. The van der Waals surface area contributed by atoms with Crippen LogP contribution in [0.1, 0.15) is 0 Å². The first-order valence-corrected chi connectivity index (χ1v) is 4.66. The van der Waals surface area contributed by atoms with E-state index in [1.807, 2.05) is 0 Å². The maximum Gasteiger partial charge on any atom is 0.383 e. The zero-order chi connectivity index (χ0) is 14.2. The molecule has 1 aromatic rings. The third kappa shape index (κ3) is 2.24. The summed E-state index contributed by atoms with van der Waals surface area (Å²) in [5.41, 5.74) is 0. The SMILES string of the molecule is O=C(Oc1c(F)c(F)c(F)c(F)c1F)C1=CCOO1. The Hall–Kier alpha value is -2.16. The molecule has 1 aromatic carbocycles. The maximum absolute atomic E-state index is 13.2. The standard InChI is InChI=1S/C10H3F5O4/c11-4-5(12)7(14)9(8(15)6(4)13)18-10(16)3-1-2-17-19-3/h1H,2H2. The Balaban J connectivity index is 2.38. The molecular formula is C10H3F5O4. The fraction of sp³-hybridized carbons (Fsp3) is 0.100. The van der Waals surface area contributed by atoms with E-state index < -0.39 is 46.6 Å². The van der Waals surface area contributed by atoms with Crippen LogP contribution in [0, 0.1) is 29.1 Å². The number of esters is 1. The molecule has 0 atom stereocenters. The first kappa shape index (κ1) is 13.3. The molecule has 0 bridgehead atoms. The second kappa shape index (κ2) is 4.84. The van der Waals surface area contributed by atoms with Gasteiger partial charge in [-0.2, -0.15) is 13.7 Å². The van der Waals surface area contributed by atoms with E-state index in [9.17, 15) is 26.7 Å². The number of halogens is 5. The Morgan fingerprint density at radius 2 is 1.53 bits per heavy atom. The van der Waals surface area contributed by atoms with Crippen molar-refractivity contribution in [1.82, 2.24) is 0 Å². The van der Waals surface area contributed by atoms with Gasteiger partial charge in [0.2, 0.25) is 40.6 Å². The lowest BCUT2D eigenvalue weighted by Gasteiger charge is -2.08. The topological polar surface area (TPSA) is 44.8 Å². The second-order valence-corrected chi connectivity index (χ2v) is 3.22. The Kier molecular flexibility index (Phi) is 3.38. The van der Waals surface area contributed by atoms with Crippen LogP contribution in [0.3, 0.4) is 0 Å². The average Bonchev–Trinajstić information content (AvgIpc) is 2.93. The molecule has 0 N–H and O–H groups in total. The van der Waals surface area contributed by atoms with Gasteiger partial charge in [0, 0.05) is 0 Å². The van der Waals surface area contributed by atoms with Gasteiger partial charge in [-0.25, -0.2) is 18.0 Å². The van der Waals surface area contributed by atoms with Crippen LogP contribution in [0.5, 0.6) is 5.75 Å². The maximum atomic E-state index is 13.2. The molecular weight excluding hydrogens is 279 g/mol. The van der Waals surface area contributed by atoms with Gasteiger partial charge in [-0.3, -0.25) is 0 Å². The Bertz CT molecular complexity index is 555. The molecule has 1 heterocycles. The minimum atomic E-state index is -2.35. The molecule has 0 saturated heterocycles. The van der Waals surface area contributed by atoms with E-state index in [0.717, 1.165) is 6.08 Å². The summed E-state index contributed by atoms with van der Waals surface area (Å²) in [6.45, 7) is -0.123. The summed E-state index contributed by atoms with van der Waals surface area (Å²) in [4.78, 5) is 19.7. The van der Waals surface area contributed by atoms with Crippen LogP contribution in [0.2, 0.25) is 0 Å². The third-order valence-electron chi connectivity index (χ3n) is 2.05. The van der Waals surface area contributed by atoms with Crippen LogP contribution in [0.15, 0.2) is 11.8 Å². The number of carbonyl (C=O) groups excluding carboxylic acids is 1. The first-order valence-electron chi connectivity index (χ1n) is 4.66. The third-order valence-corrected chi connectivity index (χ3v) is 2.05. The van der Waals surface area contributed by atoms with Crippen molar-refractivity contribution in [2.45, 2.75) is 0 Å². The van der Waals surface area contributed by atoms with Gasteiger partial charge in [-0.1, -0.05) is 0 Å². The van der Waals surface area contributed by atoms with Crippen LogP contribution in [-0.2, 0) is 14.6 Å². The molecule has 0 saturated carbocycles. The van der Waals surface area contributed by atoms with Gasteiger partial charge in [0.15, 0.2) is 0 Å². The summed E-state index contributed by atoms with van der Waals surface area (Å²) >= 11 is 0. The van der Waals surface area contributed by atoms with Crippen LogP contribution in [-0.4, -0.2) is 12.6 Å². The van der Waals surface area contributed by atoms with Crippen LogP contribution >= 0.6 is 0 Å². The largest absolute Gasteiger partial charge is 0.414 e. The number of rotatable bonds is 2. The van der Waals surface area contributed by atoms with Crippen molar-refractivity contribution >= 4 is 5.97 Å². The van der Waals surface area contributed by atoms with Gasteiger partial charge in [-0.15, -0.1) is 0 Å². The van der Waals surface area contributed by atoms with E-state index in [2.05, 4.69) is 14.5 Å². The van der Waals surface area contributed by atoms with Gasteiger partial charge >= 0.3 is 5.97 Å². The van der Waals surface area contributed by atoms with Crippen LogP contribution in [0.25, 0.3) is 0 Å². The van der Waals surface area contributed by atoms with Gasteiger partial charge in [0.1, 0.15) is 6.61 Å². The summed E-state index contributed by atoms with van der Waals surface area (Å²) in [5, 5.41) is 0. The van der Waals surface area contributed by atoms with E-state index in [1.54, 1.807) is 0 Å². The number of benzene rings is 1. The van der Waals surface area contributed by atoms with Crippen molar-refractivity contribution in [3.63, 3.8) is 0 Å². The fourth-order valence-electron chi connectivity index (χ4n) is 1.18. The summed E-state index contributed by atoms with van der Waals surface area (Å²) in [5.74, 6) is -15.1. The molecule has 9 heteroatoms. The van der Waals surface area contributed by atoms with Gasteiger partial charge < -0.3 is 9.62 Å². The summed E-state index contributed by atoms with van der Waals surface area (Å²) < 4.78 is 68.7. The first-order chi connectivity index (χ1) is 8.93. The number of hydrogen-bond donors (Lipinski definition) is 0. The molecule has 0 fully saturated rings. The average molecular weight is 282 g/mol. The molecule has 19 heavy (non-hydrogen) atoms. The number of ether oxygens (including phenoxy) is 1. The Morgan fingerprint density at radius 1 is 1.00 bits per heavy atom. The van der Waals surface area contributed by atoms with Crippen molar-refractivity contribution in [2.75, 3.05) is 6.61 Å². The lowest BCUT2D eigenvalue weighted by atomic mass is 10.2. The summed E-state index contributed by atoms with van der Waals surface area (Å²) in [7, 11) is 0. The monoisotopic (exact) mass is 282 g/mol. The molecule has 0 radical (unpaired) electrons. The quantitative estimate of drug-likeness (QED) is 0.208. The zero-order valence-electron chi connectivity index (χ0n) is 8.81. The minimum Gasteiger partial charge on any atom is -0.414 e. The molecule has 0 aromatic heterocycles.